The number of hydrogen-bond donors (Lipinski definition) is 2. The molecule has 130 valence electrons. The SMILES string of the molecule is CCC(=O)Nc1ccc(C)cc1.Cc1ccc(NS(C)(=O)=O)cc1. The van der Waals surface area contributed by atoms with E-state index >= 15 is 0 Å². The molecule has 0 radical (unpaired) electrons. The first-order valence-electron chi connectivity index (χ1n) is 7.60. The van der Waals surface area contributed by atoms with Crippen molar-refractivity contribution in [1.29, 1.82) is 0 Å². The van der Waals surface area contributed by atoms with Crippen LogP contribution < -0.4 is 10.0 Å². The average Bonchev–Trinajstić information content (AvgIpc) is 2.51. The van der Waals surface area contributed by atoms with E-state index in [2.05, 4.69) is 10.0 Å². The Bertz CT molecular complexity index is 752. The fourth-order valence-corrected chi connectivity index (χ4v) is 2.29. The second-order valence-corrected chi connectivity index (χ2v) is 7.26. The Balaban J connectivity index is 0.000000240. The van der Waals surface area contributed by atoms with Gasteiger partial charge in [-0.2, -0.15) is 0 Å². The van der Waals surface area contributed by atoms with Crippen LogP contribution in [0.25, 0.3) is 0 Å². The van der Waals surface area contributed by atoms with Crippen LogP contribution in [-0.2, 0) is 14.8 Å². The molecule has 0 aliphatic rings. The molecule has 0 aromatic heterocycles. The Hall–Kier alpha value is -2.34. The molecule has 0 heterocycles. The van der Waals surface area contributed by atoms with Gasteiger partial charge in [-0.15, -0.1) is 0 Å². The quantitative estimate of drug-likeness (QED) is 0.884. The number of amides is 1. The molecule has 0 aliphatic carbocycles. The molecule has 2 aromatic carbocycles. The Morgan fingerprint density at radius 2 is 1.29 bits per heavy atom. The lowest BCUT2D eigenvalue weighted by Crippen LogP contribution is -2.09. The number of carbonyl (C=O) groups is 1. The Kier molecular flexibility index (Phi) is 7.45. The third kappa shape index (κ3) is 8.33. The molecule has 6 heteroatoms. The van der Waals surface area contributed by atoms with Crippen LogP contribution in [0.15, 0.2) is 48.5 Å². The minimum atomic E-state index is -3.14. The summed E-state index contributed by atoms with van der Waals surface area (Å²) in [6.07, 6.45) is 1.65. The van der Waals surface area contributed by atoms with E-state index in [0.29, 0.717) is 12.1 Å². The highest BCUT2D eigenvalue weighted by Crippen LogP contribution is 2.09. The van der Waals surface area contributed by atoms with Crippen molar-refractivity contribution in [3.05, 3.63) is 59.7 Å². The summed E-state index contributed by atoms with van der Waals surface area (Å²) in [7, 11) is -3.14. The molecule has 5 nitrogen and oxygen atoms in total. The van der Waals surface area contributed by atoms with Crippen molar-refractivity contribution in [3.63, 3.8) is 0 Å². The molecule has 2 N–H and O–H groups in total. The van der Waals surface area contributed by atoms with Gasteiger partial charge in [0, 0.05) is 17.8 Å². The summed E-state index contributed by atoms with van der Waals surface area (Å²) in [5.41, 5.74) is 3.77. The number of carbonyl (C=O) groups excluding carboxylic acids is 1. The number of rotatable bonds is 4. The van der Waals surface area contributed by atoms with Crippen molar-refractivity contribution in [1.82, 2.24) is 0 Å². The number of nitrogens with one attached hydrogen (secondary N) is 2. The van der Waals surface area contributed by atoms with Crippen LogP contribution in [0, 0.1) is 13.8 Å². The number of hydrogen-bond acceptors (Lipinski definition) is 3. The van der Waals surface area contributed by atoms with E-state index in [-0.39, 0.29) is 5.91 Å². The predicted octanol–water partition coefficient (Wildman–Crippen LogP) is 3.71. The van der Waals surface area contributed by atoms with Crippen LogP contribution >= 0.6 is 0 Å². The topological polar surface area (TPSA) is 75.3 Å². The second-order valence-electron chi connectivity index (χ2n) is 5.51. The van der Waals surface area contributed by atoms with Gasteiger partial charge in [-0.05, 0) is 38.1 Å². The van der Waals surface area contributed by atoms with E-state index in [4.69, 9.17) is 0 Å². The first-order chi connectivity index (χ1) is 11.2. The van der Waals surface area contributed by atoms with Gasteiger partial charge in [0.05, 0.1) is 6.26 Å². The minimum absolute atomic E-state index is 0.0545. The van der Waals surface area contributed by atoms with Gasteiger partial charge in [-0.3, -0.25) is 9.52 Å². The third-order valence-electron chi connectivity index (χ3n) is 3.01. The summed E-state index contributed by atoms with van der Waals surface area (Å²) in [6.45, 7) is 5.80. The van der Waals surface area contributed by atoms with Gasteiger partial charge in [0.1, 0.15) is 0 Å². The molecule has 2 rings (SSSR count). The van der Waals surface area contributed by atoms with Crippen LogP contribution in [0.2, 0.25) is 0 Å². The molecular weight excluding hydrogens is 324 g/mol. The fourth-order valence-electron chi connectivity index (χ4n) is 1.72. The number of benzene rings is 2. The van der Waals surface area contributed by atoms with Crippen LogP contribution in [0.5, 0.6) is 0 Å². The van der Waals surface area contributed by atoms with E-state index in [1.54, 1.807) is 12.1 Å². The van der Waals surface area contributed by atoms with Gasteiger partial charge in [-0.1, -0.05) is 42.3 Å². The summed E-state index contributed by atoms with van der Waals surface area (Å²) >= 11 is 0. The summed E-state index contributed by atoms with van der Waals surface area (Å²) in [4.78, 5) is 11.0. The van der Waals surface area contributed by atoms with E-state index in [1.165, 1.54) is 5.56 Å². The average molecular weight is 348 g/mol. The number of sulfonamides is 1. The van der Waals surface area contributed by atoms with E-state index in [0.717, 1.165) is 17.5 Å². The van der Waals surface area contributed by atoms with Crippen LogP contribution in [0.4, 0.5) is 11.4 Å². The molecule has 1 amide bonds. The Morgan fingerprint density at radius 3 is 1.67 bits per heavy atom. The van der Waals surface area contributed by atoms with Crippen molar-refractivity contribution < 1.29 is 13.2 Å². The van der Waals surface area contributed by atoms with Gasteiger partial charge in [0.15, 0.2) is 0 Å². The van der Waals surface area contributed by atoms with E-state index in [9.17, 15) is 13.2 Å². The zero-order valence-corrected chi connectivity index (χ0v) is 15.3. The van der Waals surface area contributed by atoms with Gasteiger partial charge in [-0.25, -0.2) is 8.42 Å². The minimum Gasteiger partial charge on any atom is -0.326 e. The standard InChI is InChI=1S/C10H13NO.C8H11NO2S/c1-3-10(12)11-9-6-4-8(2)5-7-9;1-7-3-5-8(6-4-7)9-12(2,10)11/h4-7H,3H2,1-2H3,(H,11,12);3-6,9H,1-2H3. The molecule has 0 atom stereocenters. The fraction of sp³-hybridized carbons (Fsp3) is 0.278. The van der Waals surface area contributed by atoms with Crippen molar-refractivity contribution in [2.45, 2.75) is 27.2 Å². The maximum atomic E-state index is 11.0. The molecule has 0 saturated heterocycles. The van der Waals surface area contributed by atoms with Crippen LogP contribution in [0.1, 0.15) is 24.5 Å². The zero-order chi connectivity index (χ0) is 18.2. The van der Waals surface area contributed by atoms with Crippen molar-refractivity contribution in [3.8, 4) is 0 Å². The first-order valence-corrected chi connectivity index (χ1v) is 9.49. The van der Waals surface area contributed by atoms with E-state index < -0.39 is 10.0 Å². The summed E-state index contributed by atoms with van der Waals surface area (Å²) in [5.74, 6) is 0.0545. The van der Waals surface area contributed by atoms with Crippen LogP contribution in [0.3, 0.4) is 0 Å². The maximum Gasteiger partial charge on any atom is 0.229 e. The summed E-state index contributed by atoms with van der Waals surface area (Å²) in [5, 5.41) is 2.78. The normalized spacial score (nSPS) is 10.3. The maximum absolute atomic E-state index is 11.0. The zero-order valence-electron chi connectivity index (χ0n) is 14.5. The molecule has 0 aliphatic heterocycles. The summed E-state index contributed by atoms with van der Waals surface area (Å²) in [6, 6.07) is 14.9. The van der Waals surface area contributed by atoms with Crippen molar-refractivity contribution in [2.24, 2.45) is 0 Å². The highest BCUT2D eigenvalue weighted by Gasteiger charge is 1.99. The molecule has 24 heavy (non-hydrogen) atoms. The smallest absolute Gasteiger partial charge is 0.229 e. The Morgan fingerprint density at radius 1 is 0.875 bits per heavy atom. The first kappa shape index (κ1) is 19.7. The Labute approximate surface area is 144 Å². The highest BCUT2D eigenvalue weighted by molar-refractivity contribution is 7.92. The summed E-state index contributed by atoms with van der Waals surface area (Å²) < 4.78 is 23.9. The predicted molar refractivity (Wildman–Crippen MR) is 99.7 cm³/mol. The molecule has 0 saturated carbocycles. The molecule has 0 spiro atoms. The van der Waals surface area contributed by atoms with Gasteiger partial charge in [0.25, 0.3) is 0 Å². The second kappa shape index (κ2) is 9.08. The lowest BCUT2D eigenvalue weighted by Gasteiger charge is -2.02. The molecule has 0 unspecified atom stereocenters. The van der Waals surface area contributed by atoms with Gasteiger partial charge < -0.3 is 5.32 Å². The van der Waals surface area contributed by atoms with Crippen molar-refractivity contribution in [2.75, 3.05) is 16.3 Å². The molecular formula is C18H24N2O3S. The third-order valence-corrected chi connectivity index (χ3v) is 3.62. The molecule has 0 bridgehead atoms. The number of anilines is 2. The van der Waals surface area contributed by atoms with Gasteiger partial charge in [0.2, 0.25) is 15.9 Å². The number of aryl methyl sites for hydroxylation is 2. The van der Waals surface area contributed by atoms with Crippen molar-refractivity contribution >= 4 is 27.3 Å². The molecule has 0 fully saturated rings. The monoisotopic (exact) mass is 348 g/mol. The van der Waals surface area contributed by atoms with E-state index in [1.807, 2.05) is 57.2 Å². The largest absolute Gasteiger partial charge is 0.326 e. The molecule has 2 aromatic rings. The van der Waals surface area contributed by atoms with Gasteiger partial charge >= 0.3 is 0 Å². The highest BCUT2D eigenvalue weighted by atomic mass is 32.2. The lowest BCUT2D eigenvalue weighted by molar-refractivity contribution is -0.115. The lowest BCUT2D eigenvalue weighted by atomic mass is 10.2. The van der Waals surface area contributed by atoms with Crippen LogP contribution in [-0.4, -0.2) is 20.6 Å².